The van der Waals surface area contributed by atoms with Gasteiger partial charge in [-0.1, -0.05) is 6.07 Å². The van der Waals surface area contributed by atoms with Crippen LogP contribution in [0.3, 0.4) is 0 Å². The van der Waals surface area contributed by atoms with E-state index in [1.165, 1.54) is 15.0 Å². The third-order valence-corrected chi connectivity index (χ3v) is 4.71. The van der Waals surface area contributed by atoms with E-state index in [2.05, 4.69) is 76.3 Å². The molecular weight excluding hydrogens is 423 g/mol. The summed E-state index contributed by atoms with van der Waals surface area (Å²) in [5.74, 6) is 0.897. The Balaban J connectivity index is 1.90. The number of aryl methyl sites for hydroxylation is 1. The van der Waals surface area contributed by atoms with Gasteiger partial charge in [-0.25, -0.2) is 0 Å². The maximum Gasteiger partial charge on any atom is 0.119 e. The molecule has 0 aliphatic carbocycles. The predicted octanol–water partition coefficient (Wildman–Crippen LogP) is 5.85. The van der Waals surface area contributed by atoms with E-state index in [9.17, 15) is 0 Å². The Bertz CT molecular complexity index is 895. The van der Waals surface area contributed by atoms with Crippen LogP contribution < -0.4 is 4.74 Å². The number of aromatic nitrogens is 1. The second kappa shape index (κ2) is 7.87. The first-order valence-electron chi connectivity index (χ1n) is 8.30. The standard InChI is InChI=1S/C21H21IN2O/c1-4-25-21-10-8-20(9-11-21)24-15(2)12-17(16(24)3)14-23-19-7-5-6-18(22)13-19/h5-14H,4H2,1-3H3. The van der Waals surface area contributed by atoms with E-state index in [1.54, 1.807) is 0 Å². The average Bonchev–Trinajstić information content (AvgIpc) is 2.88. The van der Waals surface area contributed by atoms with E-state index in [-0.39, 0.29) is 0 Å². The zero-order chi connectivity index (χ0) is 17.8. The van der Waals surface area contributed by atoms with Gasteiger partial charge in [-0.3, -0.25) is 4.99 Å². The van der Waals surface area contributed by atoms with Crippen LogP contribution in [0.1, 0.15) is 23.9 Å². The number of ether oxygens (including phenoxy) is 1. The summed E-state index contributed by atoms with van der Waals surface area (Å²) >= 11 is 2.30. The maximum absolute atomic E-state index is 5.53. The molecule has 0 aliphatic rings. The first-order chi connectivity index (χ1) is 12.1. The molecule has 0 saturated heterocycles. The van der Waals surface area contributed by atoms with Crippen LogP contribution in [0.4, 0.5) is 5.69 Å². The lowest BCUT2D eigenvalue weighted by atomic mass is 10.2. The minimum atomic E-state index is 0.681. The topological polar surface area (TPSA) is 26.5 Å². The number of hydrogen-bond donors (Lipinski definition) is 0. The van der Waals surface area contributed by atoms with Crippen LogP contribution in [-0.2, 0) is 0 Å². The quantitative estimate of drug-likeness (QED) is 0.358. The SMILES string of the molecule is CCOc1ccc(-n2c(C)cc(C=Nc3cccc(I)c3)c2C)cc1. The van der Waals surface area contributed by atoms with Gasteiger partial charge in [0.25, 0.3) is 0 Å². The number of aliphatic imine (C=N–C) groups is 1. The van der Waals surface area contributed by atoms with E-state index in [1.807, 2.05) is 37.4 Å². The largest absolute Gasteiger partial charge is 0.494 e. The monoisotopic (exact) mass is 444 g/mol. The Labute approximate surface area is 162 Å². The summed E-state index contributed by atoms with van der Waals surface area (Å²) in [5.41, 5.74) is 5.59. The molecule has 0 saturated carbocycles. The summed E-state index contributed by atoms with van der Waals surface area (Å²) in [7, 11) is 0. The van der Waals surface area contributed by atoms with E-state index in [0.717, 1.165) is 22.7 Å². The van der Waals surface area contributed by atoms with Crippen molar-refractivity contribution in [3.63, 3.8) is 0 Å². The molecule has 0 unspecified atom stereocenters. The van der Waals surface area contributed by atoms with Crippen LogP contribution >= 0.6 is 22.6 Å². The molecule has 3 rings (SSSR count). The highest BCUT2D eigenvalue weighted by Crippen LogP contribution is 2.23. The summed E-state index contributed by atoms with van der Waals surface area (Å²) in [5, 5.41) is 0. The molecular formula is C21H21IN2O. The lowest BCUT2D eigenvalue weighted by Gasteiger charge is -2.10. The number of nitrogens with zero attached hydrogens (tertiary/aromatic N) is 2. The maximum atomic E-state index is 5.53. The summed E-state index contributed by atoms with van der Waals surface area (Å²) < 4.78 is 8.96. The minimum Gasteiger partial charge on any atom is -0.494 e. The van der Waals surface area contributed by atoms with Gasteiger partial charge in [-0.2, -0.15) is 0 Å². The van der Waals surface area contributed by atoms with Crippen molar-refractivity contribution in [2.75, 3.05) is 6.61 Å². The van der Waals surface area contributed by atoms with Gasteiger partial charge < -0.3 is 9.30 Å². The summed E-state index contributed by atoms with van der Waals surface area (Å²) in [6.45, 7) is 6.92. The molecule has 0 radical (unpaired) electrons. The third kappa shape index (κ3) is 4.12. The lowest BCUT2D eigenvalue weighted by Crippen LogP contribution is -2.00. The molecule has 0 aliphatic heterocycles. The van der Waals surface area contributed by atoms with Crippen LogP contribution in [0, 0.1) is 17.4 Å². The Morgan fingerprint density at radius 2 is 1.84 bits per heavy atom. The van der Waals surface area contributed by atoms with Crippen LogP contribution in [0.15, 0.2) is 59.6 Å². The molecule has 0 atom stereocenters. The zero-order valence-electron chi connectivity index (χ0n) is 14.7. The van der Waals surface area contributed by atoms with Crippen molar-refractivity contribution < 1.29 is 4.74 Å². The van der Waals surface area contributed by atoms with Crippen molar-refractivity contribution in [1.29, 1.82) is 0 Å². The van der Waals surface area contributed by atoms with E-state index in [0.29, 0.717) is 6.61 Å². The van der Waals surface area contributed by atoms with Gasteiger partial charge in [0.05, 0.1) is 12.3 Å². The van der Waals surface area contributed by atoms with Crippen molar-refractivity contribution >= 4 is 34.5 Å². The number of rotatable bonds is 5. The molecule has 0 fully saturated rings. The van der Waals surface area contributed by atoms with Crippen molar-refractivity contribution in [2.24, 2.45) is 4.99 Å². The molecule has 0 bridgehead atoms. The number of halogens is 1. The minimum absolute atomic E-state index is 0.681. The Morgan fingerprint density at radius 3 is 2.52 bits per heavy atom. The van der Waals surface area contributed by atoms with Crippen LogP contribution in [-0.4, -0.2) is 17.4 Å². The highest BCUT2D eigenvalue weighted by Gasteiger charge is 2.09. The van der Waals surface area contributed by atoms with Crippen molar-refractivity contribution in [3.8, 4) is 11.4 Å². The Kier molecular flexibility index (Phi) is 5.58. The molecule has 1 heterocycles. The van der Waals surface area contributed by atoms with Gasteiger partial charge in [-0.05, 0) is 91.9 Å². The molecule has 128 valence electrons. The fourth-order valence-electron chi connectivity index (χ4n) is 2.87. The molecule has 4 heteroatoms. The van der Waals surface area contributed by atoms with Gasteiger partial charge in [-0.15, -0.1) is 0 Å². The first-order valence-corrected chi connectivity index (χ1v) is 9.38. The molecule has 3 nitrogen and oxygen atoms in total. The normalized spacial score (nSPS) is 11.2. The first kappa shape index (κ1) is 17.7. The Morgan fingerprint density at radius 1 is 1.08 bits per heavy atom. The van der Waals surface area contributed by atoms with Gasteiger partial charge >= 0.3 is 0 Å². The summed E-state index contributed by atoms with van der Waals surface area (Å²) in [6, 6.07) is 18.6. The van der Waals surface area contributed by atoms with Crippen LogP contribution in [0.25, 0.3) is 5.69 Å². The summed E-state index contributed by atoms with van der Waals surface area (Å²) in [4.78, 5) is 4.62. The van der Waals surface area contributed by atoms with Gasteiger partial charge in [0.1, 0.15) is 5.75 Å². The molecule has 0 amide bonds. The third-order valence-electron chi connectivity index (χ3n) is 4.04. The van der Waals surface area contributed by atoms with Gasteiger partial charge in [0, 0.05) is 32.4 Å². The van der Waals surface area contributed by atoms with Crippen LogP contribution in [0.5, 0.6) is 5.75 Å². The fourth-order valence-corrected chi connectivity index (χ4v) is 3.40. The van der Waals surface area contributed by atoms with Crippen molar-refractivity contribution in [1.82, 2.24) is 4.57 Å². The van der Waals surface area contributed by atoms with E-state index < -0.39 is 0 Å². The van der Waals surface area contributed by atoms with Crippen molar-refractivity contribution in [3.05, 3.63) is 75.1 Å². The van der Waals surface area contributed by atoms with Crippen LogP contribution in [0.2, 0.25) is 0 Å². The highest BCUT2D eigenvalue weighted by molar-refractivity contribution is 14.1. The average molecular weight is 444 g/mol. The molecule has 1 aromatic heterocycles. The van der Waals surface area contributed by atoms with Crippen molar-refractivity contribution in [2.45, 2.75) is 20.8 Å². The molecule has 0 N–H and O–H groups in total. The second-order valence-corrected chi connectivity index (χ2v) is 7.07. The lowest BCUT2D eigenvalue weighted by molar-refractivity contribution is 0.340. The smallest absolute Gasteiger partial charge is 0.119 e. The van der Waals surface area contributed by atoms with E-state index >= 15 is 0 Å². The van der Waals surface area contributed by atoms with Gasteiger partial charge in [0.2, 0.25) is 0 Å². The fraction of sp³-hybridized carbons (Fsp3) is 0.190. The number of benzene rings is 2. The highest BCUT2D eigenvalue weighted by atomic mass is 127. The molecule has 3 aromatic rings. The molecule has 0 spiro atoms. The molecule has 25 heavy (non-hydrogen) atoms. The molecule has 2 aromatic carbocycles. The summed E-state index contributed by atoms with van der Waals surface area (Å²) in [6.07, 6.45) is 1.94. The zero-order valence-corrected chi connectivity index (χ0v) is 16.8. The predicted molar refractivity (Wildman–Crippen MR) is 113 cm³/mol. The van der Waals surface area contributed by atoms with Gasteiger partial charge in [0.15, 0.2) is 0 Å². The second-order valence-electron chi connectivity index (χ2n) is 5.83. The number of hydrogen-bond acceptors (Lipinski definition) is 2. The van der Waals surface area contributed by atoms with E-state index in [4.69, 9.17) is 4.74 Å². The Hall–Kier alpha value is -2.08.